The minimum atomic E-state index is -0.0567. The van der Waals surface area contributed by atoms with E-state index in [9.17, 15) is 4.79 Å². The van der Waals surface area contributed by atoms with Crippen LogP contribution >= 0.6 is 11.6 Å². The number of hydrogen-bond acceptors (Lipinski definition) is 2. The molecule has 2 rings (SSSR count). The van der Waals surface area contributed by atoms with E-state index >= 15 is 0 Å². The number of fused-ring (bicyclic) bond motifs is 1. The van der Waals surface area contributed by atoms with Crippen molar-refractivity contribution < 1.29 is 4.74 Å². The quantitative estimate of drug-likeness (QED) is 0.924. The molecule has 1 aromatic carbocycles. The molecule has 0 radical (unpaired) electrons. The van der Waals surface area contributed by atoms with Crippen molar-refractivity contribution in [2.75, 3.05) is 7.11 Å². The summed E-state index contributed by atoms with van der Waals surface area (Å²) < 4.78 is 5.21. The zero-order chi connectivity index (χ0) is 13.3. The summed E-state index contributed by atoms with van der Waals surface area (Å²) in [6.45, 7) is 4.21. The van der Waals surface area contributed by atoms with Gasteiger partial charge in [0.25, 0.3) is 0 Å². The van der Waals surface area contributed by atoms with Gasteiger partial charge in [0.05, 0.1) is 23.0 Å². The van der Waals surface area contributed by atoms with Crippen molar-refractivity contribution in [1.82, 2.24) is 4.98 Å². The number of aromatic amines is 1. The summed E-state index contributed by atoms with van der Waals surface area (Å²) in [5.74, 6) is 1.02. The van der Waals surface area contributed by atoms with Crippen molar-refractivity contribution in [1.29, 1.82) is 0 Å². The summed E-state index contributed by atoms with van der Waals surface area (Å²) in [5.41, 5.74) is 1.50. The highest BCUT2D eigenvalue weighted by atomic mass is 35.5. The van der Waals surface area contributed by atoms with E-state index < -0.39 is 0 Å². The van der Waals surface area contributed by atoms with Crippen LogP contribution in [0.3, 0.4) is 0 Å². The monoisotopic (exact) mass is 265 g/mol. The molecular formula is C14H16ClNO2. The number of ether oxygens (including phenoxy) is 1. The second kappa shape index (κ2) is 5.02. The summed E-state index contributed by atoms with van der Waals surface area (Å²) in [6.07, 6.45) is 0.818. The van der Waals surface area contributed by atoms with E-state index in [-0.39, 0.29) is 5.43 Å². The Bertz CT molecular complexity index is 631. The number of aromatic nitrogens is 1. The molecule has 0 spiro atoms. The van der Waals surface area contributed by atoms with Crippen molar-refractivity contribution in [3.05, 3.63) is 39.1 Å². The molecule has 2 aromatic rings. The smallest absolute Gasteiger partial charge is 0.193 e. The zero-order valence-corrected chi connectivity index (χ0v) is 11.5. The van der Waals surface area contributed by atoms with Crippen LogP contribution in [0.1, 0.15) is 19.5 Å². The maximum Gasteiger partial charge on any atom is 0.193 e. The second-order valence-electron chi connectivity index (χ2n) is 4.76. The van der Waals surface area contributed by atoms with Crippen LogP contribution < -0.4 is 10.2 Å². The van der Waals surface area contributed by atoms with E-state index in [1.807, 2.05) is 0 Å². The molecule has 0 unspecified atom stereocenters. The average molecular weight is 266 g/mol. The van der Waals surface area contributed by atoms with Gasteiger partial charge in [-0.3, -0.25) is 4.79 Å². The van der Waals surface area contributed by atoms with Gasteiger partial charge in [-0.2, -0.15) is 0 Å². The summed E-state index contributed by atoms with van der Waals surface area (Å²) >= 11 is 6.14. The van der Waals surface area contributed by atoms with Crippen molar-refractivity contribution in [2.45, 2.75) is 20.3 Å². The fourth-order valence-electron chi connectivity index (χ4n) is 2.07. The number of H-pyrrole nitrogens is 1. The van der Waals surface area contributed by atoms with Crippen LogP contribution in [0, 0.1) is 5.92 Å². The van der Waals surface area contributed by atoms with Gasteiger partial charge in [-0.05, 0) is 24.5 Å². The number of nitrogens with one attached hydrogen (secondary N) is 1. The van der Waals surface area contributed by atoms with E-state index in [1.54, 1.807) is 25.3 Å². The van der Waals surface area contributed by atoms with Gasteiger partial charge in [-0.1, -0.05) is 25.4 Å². The Kier molecular flexibility index (Phi) is 3.62. The van der Waals surface area contributed by atoms with Crippen LogP contribution in [0.25, 0.3) is 10.9 Å². The molecule has 96 valence electrons. The SMILES string of the molecule is COc1ccc(Cl)c2[nH]c(CC(C)C)cc(=O)c12. The Morgan fingerprint density at radius 2 is 2.11 bits per heavy atom. The van der Waals surface area contributed by atoms with Crippen LogP contribution in [0.15, 0.2) is 23.0 Å². The lowest BCUT2D eigenvalue weighted by Gasteiger charge is -2.10. The zero-order valence-electron chi connectivity index (χ0n) is 10.7. The molecular weight excluding hydrogens is 250 g/mol. The highest BCUT2D eigenvalue weighted by molar-refractivity contribution is 6.35. The standard InChI is InChI=1S/C14H16ClNO2/c1-8(2)6-9-7-11(17)13-12(18-3)5-4-10(15)14(13)16-9/h4-5,7-8H,6H2,1-3H3,(H,16,17). The van der Waals surface area contributed by atoms with Crippen molar-refractivity contribution in [3.8, 4) is 5.75 Å². The Labute approximate surface area is 111 Å². The van der Waals surface area contributed by atoms with E-state index in [1.165, 1.54) is 0 Å². The third-order valence-electron chi connectivity index (χ3n) is 2.80. The number of halogens is 1. The van der Waals surface area contributed by atoms with Gasteiger partial charge in [0.15, 0.2) is 5.43 Å². The molecule has 1 aromatic heterocycles. The van der Waals surface area contributed by atoms with Gasteiger partial charge in [0, 0.05) is 11.8 Å². The number of hydrogen-bond donors (Lipinski definition) is 1. The summed E-state index contributed by atoms with van der Waals surface area (Å²) in [7, 11) is 1.55. The predicted molar refractivity (Wildman–Crippen MR) is 74.7 cm³/mol. The van der Waals surface area contributed by atoms with Crippen LogP contribution in [0.5, 0.6) is 5.75 Å². The lowest BCUT2D eigenvalue weighted by molar-refractivity contribution is 0.419. The Balaban J connectivity index is 2.73. The molecule has 1 N–H and O–H groups in total. The maximum atomic E-state index is 12.2. The fourth-order valence-corrected chi connectivity index (χ4v) is 2.28. The third-order valence-corrected chi connectivity index (χ3v) is 3.12. The molecule has 0 saturated heterocycles. The number of benzene rings is 1. The highest BCUT2D eigenvalue weighted by Gasteiger charge is 2.11. The van der Waals surface area contributed by atoms with Gasteiger partial charge >= 0.3 is 0 Å². The molecule has 0 aliphatic carbocycles. The van der Waals surface area contributed by atoms with Crippen molar-refractivity contribution >= 4 is 22.5 Å². The molecule has 18 heavy (non-hydrogen) atoms. The van der Waals surface area contributed by atoms with E-state index in [0.717, 1.165) is 12.1 Å². The van der Waals surface area contributed by atoms with Gasteiger partial charge in [-0.15, -0.1) is 0 Å². The molecule has 0 amide bonds. The van der Waals surface area contributed by atoms with Crippen LogP contribution in [-0.2, 0) is 6.42 Å². The van der Waals surface area contributed by atoms with Crippen LogP contribution in [0.2, 0.25) is 5.02 Å². The largest absolute Gasteiger partial charge is 0.496 e. The second-order valence-corrected chi connectivity index (χ2v) is 5.16. The molecule has 1 heterocycles. The Morgan fingerprint density at radius 3 is 2.72 bits per heavy atom. The van der Waals surface area contributed by atoms with Crippen molar-refractivity contribution in [3.63, 3.8) is 0 Å². The van der Waals surface area contributed by atoms with Crippen LogP contribution in [0.4, 0.5) is 0 Å². The summed E-state index contributed by atoms with van der Waals surface area (Å²) in [5, 5.41) is 1.05. The summed E-state index contributed by atoms with van der Waals surface area (Å²) in [6, 6.07) is 5.07. The Morgan fingerprint density at radius 1 is 1.39 bits per heavy atom. The van der Waals surface area contributed by atoms with Gasteiger partial charge < -0.3 is 9.72 Å². The van der Waals surface area contributed by atoms with E-state index in [4.69, 9.17) is 16.3 Å². The number of methoxy groups -OCH3 is 1. The van der Waals surface area contributed by atoms with E-state index in [0.29, 0.717) is 27.6 Å². The summed E-state index contributed by atoms with van der Waals surface area (Å²) in [4.78, 5) is 15.4. The minimum absolute atomic E-state index is 0.0567. The van der Waals surface area contributed by atoms with Gasteiger partial charge in [0.2, 0.25) is 0 Å². The molecule has 0 bridgehead atoms. The first kappa shape index (κ1) is 13.0. The first-order chi connectivity index (χ1) is 8.52. The lowest BCUT2D eigenvalue weighted by atomic mass is 10.1. The van der Waals surface area contributed by atoms with Gasteiger partial charge in [-0.25, -0.2) is 0 Å². The third kappa shape index (κ3) is 2.36. The van der Waals surface area contributed by atoms with E-state index in [2.05, 4.69) is 18.8 Å². The molecule has 0 aliphatic heterocycles. The molecule has 3 nitrogen and oxygen atoms in total. The highest BCUT2D eigenvalue weighted by Crippen LogP contribution is 2.27. The topological polar surface area (TPSA) is 42.1 Å². The first-order valence-corrected chi connectivity index (χ1v) is 6.29. The lowest BCUT2D eigenvalue weighted by Crippen LogP contribution is -2.08. The molecule has 0 aliphatic rings. The molecule has 4 heteroatoms. The first-order valence-electron chi connectivity index (χ1n) is 5.91. The number of pyridine rings is 1. The minimum Gasteiger partial charge on any atom is -0.496 e. The predicted octanol–water partition coefficient (Wildman–Crippen LogP) is 3.39. The normalized spacial score (nSPS) is 11.2. The fraction of sp³-hybridized carbons (Fsp3) is 0.357. The van der Waals surface area contributed by atoms with Crippen LogP contribution in [-0.4, -0.2) is 12.1 Å². The number of rotatable bonds is 3. The maximum absolute atomic E-state index is 12.2. The average Bonchev–Trinajstić information content (AvgIpc) is 2.29. The molecule has 0 saturated carbocycles. The molecule has 0 fully saturated rings. The molecule has 0 atom stereocenters. The Hall–Kier alpha value is -1.48. The van der Waals surface area contributed by atoms with Crippen molar-refractivity contribution in [2.24, 2.45) is 5.92 Å². The van der Waals surface area contributed by atoms with Gasteiger partial charge in [0.1, 0.15) is 5.75 Å².